The van der Waals surface area contributed by atoms with Crippen molar-refractivity contribution in [2.45, 2.75) is 12.6 Å². The van der Waals surface area contributed by atoms with Gasteiger partial charge in [0.25, 0.3) is 5.91 Å². The van der Waals surface area contributed by atoms with Crippen LogP contribution in [0.2, 0.25) is 0 Å². The molecular weight excluding hydrogens is 367 g/mol. The van der Waals surface area contributed by atoms with E-state index in [1.165, 1.54) is 17.5 Å². The fraction of sp³-hybridized carbons (Fsp3) is 0.250. The van der Waals surface area contributed by atoms with Crippen LogP contribution in [0.3, 0.4) is 0 Å². The highest BCUT2D eigenvalue weighted by Crippen LogP contribution is 2.22. The van der Waals surface area contributed by atoms with Gasteiger partial charge in [-0.15, -0.1) is 0 Å². The maximum absolute atomic E-state index is 13.0. The lowest BCUT2D eigenvalue weighted by Gasteiger charge is -2.28. The number of carbonyl (C=O) groups excluding carboxylic acids is 1. The molecule has 7 heteroatoms. The molecule has 27 heavy (non-hydrogen) atoms. The number of sulfone groups is 1. The molecule has 3 rings (SSSR count). The Hall–Kier alpha value is -2.51. The summed E-state index contributed by atoms with van der Waals surface area (Å²) in [4.78, 5) is 15.5. The lowest BCUT2D eigenvalue weighted by Crippen LogP contribution is -3.09. The average molecular weight is 389 g/mol. The van der Waals surface area contributed by atoms with Crippen molar-refractivity contribution in [3.05, 3.63) is 77.5 Å². The monoisotopic (exact) mass is 389 g/mol. The Kier molecular flexibility index (Phi) is 5.72. The zero-order chi connectivity index (χ0) is 19.4. The van der Waals surface area contributed by atoms with E-state index in [4.69, 9.17) is 0 Å². The molecule has 142 valence electrons. The van der Waals surface area contributed by atoms with E-state index >= 15 is 0 Å². The molecular formula is C20H22FN2O3S+. The second kappa shape index (κ2) is 8.02. The van der Waals surface area contributed by atoms with Crippen molar-refractivity contribution in [3.8, 4) is 0 Å². The number of hydrogen-bond donors (Lipinski definition) is 1. The van der Waals surface area contributed by atoms with E-state index in [2.05, 4.69) is 0 Å². The van der Waals surface area contributed by atoms with Gasteiger partial charge in [-0.3, -0.25) is 9.69 Å². The van der Waals surface area contributed by atoms with E-state index in [1.54, 1.807) is 35.2 Å². The molecule has 2 atom stereocenters. The maximum Gasteiger partial charge on any atom is 0.282 e. The van der Waals surface area contributed by atoms with Crippen molar-refractivity contribution in [3.63, 3.8) is 0 Å². The first-order chi connectivity index (χ1) is 12.8. The molecule has 0 fully saturated rings. The van der Waals surface area contributed by atoms with Crippen molar-refractivity contribution >= 4 is 21.4 Å². The molecule has 0 radical (unpaired) electrons. The Balaban J connectivity index is 1.75. The third-order valence-corrected chi connectivity index (χ3v) is 5.80. The number of halogens is 1. The molecule has 1 heterocycles. The summed E-state index contributed by atoms with van der Waals surface area (Å²) in [6.07, 6.45) is 1.57. The van der Waals surface area contributed by atoms with Crippen molar-refractivity contribution in [1.29, 1.82) is 0 Å². The van der Waals surface area contributed by atoms with Crippen LogP contribution in [0.4, 0.5) is 10.1 Å². The number of benzene rings is 2. The van der Waals surface area contributed by atoms with E-state index in [9.17, 15) is 17.6 Å². The third-order valence-electron chi connectivity index (χ3n) is 4.42. The summed E-state index contributed by atoms with van der Waals surface area (Å²) in [5.41, 5.74) is 1.60. The fourth-order valence-electron chi connectivity index (χ4n) is 3.19. The lowest BCUT2D eigenvalue weighted by molar-refractivity contribution is -0.885. The lowest BCUT2D eigenvalue weighted by atomic mass is 10.2. The minimum absolute atomic E-state index is 0.107. The van der Waals surface area contributed by atoms with Gasteiger partial charge >= 0.3 is 0 Å². The van der Waals surface area contributed by atoms with Gasteiger partial charge in [0.05, 0.1) is 18.8 Å². The van der Waals surface area contributed by atoms with E-state index < -0.39 is 15.9 Å². The molecule has 5 nitrogen and oxygen atoms in total. The van der Waals surface area contributed by atoms with Gasteiger partial charge in [0, 0.05) is 16.7 Å². The van der Waals surface area contributed by atoms with Crippen LogP contribution in [-0.4, -0.2) is 39.7 Å². The van der Waals surface area contributed by atoms with Crippen LogP contribution in [0, 0.1) is 5.82 Å². The molecule has 0 bridgehead atoms. The largest absolute Gasteiger partial charge is 0.326 e. The SMILES string of the molecule is C[NH+](CC(=O)N(c1ccccc1)[C@@H]1C=CS(=O)(=O)C1)Cc1ccc(F)cc1. The van der Waals surface area contributed by atoms with Gasteiger partial charge in [-0.25, -0.2) is 12.8 Å². The number of likely N-dealkylation sites (N-methyl/N-ethyl adjacent to an activating group) is 1. The number of carbonyl (C=O) groups is 1. The molecule has 2 aromatic rings. The highest BCUT2D eigenvalue weighted by atomic mass is 32.2. The van der Waals surface area contributed by atoms with Gasteiger partial charge in [0.1, 0.15) is 12.4 Å². The average Bonchev–Trinajstić information content (AvgIpc) is 2.97. The first kappa shape index (κ1) is 19.3. The van der Waals surface area contributed by atoms with Crippen LogP contribution >= 0.6 is 0 Å². The topological polar surface area (TPSA) is 58.9 Å². The normalized spacial score (nSPS) is 19.0. The minimum Gasteiger partial charge on any atom is -0.326 e. The number of para-hydroxylation sites is 1. The maximum atomic E-state index is 13.0. The zero-order valence-electron chi connectivity index (χ0n) is 15.0. The van der Waals surface area contributed by atoms with Crippen molar-refractivity contribution in [2.75, 3.05) is 24.2 Å². The second-order valence-electron chi connectivity index (χ2n) is 6.76. The smallest absolute Gasteiger partial charge is 0.282 e. The number of nitrogens with one attached hydrogen (secondary N) is 1. The number of rotatable bonds is 6. The fourth-order valence-corrected chi connectivity index (χ4v) is 4.45. The first-order valence-electron chi connectivity index (χ1n) is 8.68. The van der Waals surface area contributed by atoms with Gasteiger partial charge in [-0.1, -0.05) is 30.3 Å². The van der Waals surface area contributed by atoms with Crippen LogP contribution in [-0.2, 0) is 21.2 Å². The van der Waals surface area contributed by atoms with Gasteiger partial charge in [-0.2, -0.15) is 0 Å². The molecule has 1 aliphatic rings. The summed E-state index contributed by atoms with van der Waals surface area (Å²) >= 11 is 0. The van der Waals surface area contributed by atoms with E-state index in [-0.39, 0.29) is 24.0 Å². The minimum atomic E-state index is -3.28. The quantitative estimate of drug-likeness (QED) is 0.807. The molecule has 1 unspecified atom stereocenters. The number of quaternary nitrogens is 1. The summed E-state index contributed by atoms with van der Waals surface area (Å²) in [6, 6.07) is 14.8. The molecule has 1 N–H and O–H groups in total. The molecule has 0 saturated carbocycles. The molecule has 0 saturated heterocycles. The number of hydrogen-bond acceptors (Lipinski definition) is 3. The summed E-state index contributed by atoms with van der Waals surface area (Å²) in [6.45, 7) is 0.754. The Morgan fingerprint density at radius 3 is 2.41 bits per heavy atom. The number of nitrogens with zero attached hydrogens (tertiary/aromatic N) is 1. The van der Waals surface area contributed by atoms with Gasteiger partial charge in [0.15, 0.2) is 16.4 Å². The molecule has 0 aromatic heterocycles. The van der Waals surface area contributed by atoms with Crippen molar-refractivity contribution in [2.24, 2.45) is 0 Å². The zero-order valence-corrected chi connectivity index (χ0v) is 15.8. The summed E-state index contributed by atoms with van der Waals surface area (Å²) in [5, 5.41) is 1.18. The Bertz CT molecular complexity index is 927. The predicted molar refractivity (Wildman–Crippen MR) is 103 cm³/mol. The van der Waals surface area contributed by atoms with Crippen LogP contribution < -0.4 is 9.80 Å². The molecule has 0 aliphatic carbocycles. The van der Waals surface area contributed by atoms with Crippen LogP contribution in [0.15, 0.2) is 66.1 Å². The van der Waals surface area contributed by atoms with E-state index in [0.29, 0.717) is 12.2 Å². The van der Waals surface area contributed by atoms with Crippen LogP contribution in [0.25, 0.3) is 0 Å². The number of anilines is 1. The van der Waals surface area contributed by atoms with Gasteiger partial charge in [-0.05, 0) is 30.3 Å². The highest BCUT2D eigenvalue weighted by molar-refractivity contribution is 7.94. The van der Waals surface area contributed by atoms with E-state index in [1.807, 2.05) is 25.2 Å². The molecule has 1 amide bonds. The summed E-state index contributed by atoms with van der Waals surface area (Å²) in [5.74, 6) is -0.561. The molecule has 1 aliphatic heterocycles. The second-order valence-corrected chi connectivity index (χ2v) is 8.69. The van der Waals surface area contributed by atoms with Crippen molar-refractivity contribution < 1.29 is 22.5 Å². The Labute approximate surface area is 158 Å². The van der Waals surface area contributed by atoms with Gasteiger partial charge in [0.2, 0.25) is 0 Å². The standard InChI is InChI=1S/C20H21FN2O3S/c1-22(13-16-7-9-17(21)10-8-16)14-20(24)23(18-5-3-2-4-6-18)19-11-12-27(25,26)15-19/h2-12,19H,13-15H2,1H3/p+1/t19-/m1/s1. The van der Waals surface area contributed by atoms with Crippen molar-refractivity contribution in [1.82, 2.24) is 0 Å². The third kappa shape index (κ3) is 5.02. The van der Waals surface area contributed by atoms with Crippen LogP contribution in [0.5, 0.6) is 0 Å². The van der Waals surface area contributed by atoms with Gasteiger partial charge < -0.3 is 4.90 Å². The number of amides is 1. The Morgan fingerprint density at radius 2 is 1.81 bits per heavy atom. The summed E-state index contributed by atoms with van der Waals surface area (Å²) in [7, 11) is -1.40. The highest BCUT2D eigenvalue weighted by Gasteiger charge is 2.32. The predicted octanol–water partition coefficient (Wildman–Crippen LogP) is 1.18. The van der Waals surface area contributed by atoms with E-state index in [0.717, 1.165) is 10.5 Å². The Morgan fingerprint density at radius 1 is 1.15 bits per heavy atom. The molecule has 2 aromatic carbocycles. The summed E-state index contributed by atoms with van der Waals surface area (Å²) < 4.78 is 36.7. The first-order valence-corrected chi connectivity index (χ1v) is 10.4. The van der Waals surface area contributed by atoms with Crippen LogP contribution in [0.1, 0.15) is 5.56 Å². The molecule has 0 spiro atoms.